The first-order valence-electron chi connectivity index (χ1n) is 11.1. The molecule has 0 spiro atoms. The van der Waals surface area contributed by atoms with Crippen LogP contribution in [0.1, 0.15) is 72.9 Å². The van der Waals surface area contributed by atoms with Gasteiger partial charge in [0.1, 0.15) is 17.5 Å². The summed E-state index contributed by atoms with van der Waals surface area (Å²) in [4.78, 5) is 5.99. The molecule has 166 valence electrons. The van der Waals surface area contributed by atoms with Gasteiger partial charge in [0.2, 0.25) is 0 Å². The highest BCUT2D eigenvalue weighted by Crippen LogP contribution is 2.37. The van der Waals surface area contributed by atoms with Crippen LogP contribution < -0.4 is 10.2 Å². The fourth-order valence-electron chi connectivity index (χ4n) is 4.21. The molecular weight excluding hydrogens is 370 g/mol. The van der Waals surface area contributed by atoms with Gasteiger partial charge < -0.3 is 4.74 Å². The molecular formula is C27H41NO2. The van der Waals surface area contributed by atoms with Gasteiger partial charge in [-0.2, -0.15) is 0 Å². The molecule has 0 aliphatic heterocycles. The van der Waals surface area contributed by atoms with Crippen LogP contribution in [0.5, 0.6) is 5.75 Å². The van der Waals surface area contributed by atoms with Crippen LogP contribution in [0.25, 0.3) is 0 Å². The second-order valence-electron chi connectivity index (χ2n) is 10.6. The minimum atomic E-state index is -0.500. The minimum Gasteiger partial charge on any atom is -0.485 e. The van der Waals surface area contributed by atoms with Crippen molar-refractivity contribution >= 4 is 0 Å². The highest BCUT2D eigenvalue weighted by Gasteiger charge is 2.34. The Morgan fingerprint density at radius 2 is 1.43 bits per heavy atom. The molecule has 0 aliphatic rings. The third-order valence-electron chi connectivity index (χ3n) is 5.40. The maximum atomic E-state index is 6.44. The van der Waals surface area contributed by atoms with Gasteiger partial charge >= 0.3 is 0 Å². The van der Waals surface area contributed by atoms with Crippen molar-refractivity contribution in [2.24, 2.45) is 5.41 Å². The third-order valence-corrected chi connectivity index (χ3v) is 5.40. The molecule has 0 amide bonds. The smallest absolute Gasteiger partial charge is 0.132 e. The molecule has 3 heteroatoms. The number of hydroxylamine groups is 1. The van der Waals surface area contributed by atoms with Crippen LogP contribution in [0.3, 0.4) is 0 Å². The van der Waals surface area contributed by atoms with Crippen LogP contribution in [0.2, 0.25) is 0 Å². The van der Waals surface area contributed by atoms with E-state index in [1.165, 1.54) is 11.1 Å². The quantitative estimate of drug-likeness (QED) is 0.441. The van der Waals surface area contributed by atoms with Gasteiger partial charge in [-0.3, -0.25) is 4.84 Å². The first kappa shape index (κ1) is 24.4. The van der Waals surface area contributed by atoms with E-state index in [0.717, 1.165) is 25.1 Å². The fraction of sp³-hybridized carbons (Fsp3) is 0.556. The molecule has 2 aromatic rings. The SMILES string of the molecule is CCNOC(Cc1ccccc1)C(C)(C)Oc1ccc(C(C)(C)CC(C)(C)C)cc1. The number of benzene rings is 2. The zero-order valence-electron chi connectivity index (χ0n) is 20.2. The Morgan fingerprint density at radius 1 is 0.833 bits per heavy atom. The molecule has 0 saturated carbocycles. The molecule has 1 atom stereocenters. The van der Waals surface area contributed by atoms with Gasteiger partial charge in [-0.05, 0) is 54.4 Å². The summed E-state index contributed by atoms with van der Waals surface area (Å²) in [5, 5.41) is 0. The molecule has 0 fully saturated rings. The Morgan fingerprint density at radius 3 is 1.97 bits per heavy atom. The van der Waals surface area contributed by atoms with Gasteiger partial charge in [0.15, 0.2) is 0 Å². The van der Waals surface area contributed by atoms with Gasteiger partial charge in [0.25, 0.3) is 0 Å². The molecule has 3 nitrogen and oxygen atoms in total. The van der Waals surface area contributed by atoms with Crippen LogP contribution in [-0.2, 0) is 16.7 Å². The number of nitrogens with one attached hydrogen (secondary N) is 1. The van der Waals surface area contributed by atoms with Crippen molar-refractivity contribution in [2.75, 3.05) is 6.54 Å². The van der Waals surface area contributed by atoms with Crippen LogP contribution in [-0.4, -0.2) is 18.2 Å². The van der Waals surface area contributed by atoms with E-state index in [9.17, 15) is 0 Å². The molecule has 0 heterocycles. The minimum absolute atomic E-state index is 0.121. The topological polar surface area (TPSA) is 30.5 Å². The zero-order valence-corrected chi connectivity index (χ0v) is 20.2. The Balaban J connectivity index is 2.14. The second-order valence-corrected chi connectivity index (χ2v) is 10.6. The highest BCUT2D eigenvalue weighted by atomic mass is 16.7. The summed E-state index contributed by atoms with van der Waals surface area (Å²) in [6.45, 7) is 18.5. The number of hydrogen-bond donors (Lipinski definition) is 1. The summed E-state index contributed by atoms with van der Waals surface area (Å²) in [6, 6.07) is 19.0. The summed E-state index contributed by atoms with van der Waals surface area (Å²) in [6.07, 6.45) is 1.77. The summed E-state index contributed by atoms with van der Waals surface area (Å²) < 4.78 is 6.44. The van der Waals surface area contributed by atoms with Crippen LogP contribution in [0, 0.1) is 5.41 Å². The van der Waals surface area contributed by atoms with Gasteiger partial charge in [-0.25, -0.2) is 5.48 Å². The largest absolute Gasteiger partial charge is 0.485 e. The van der Waals surface area contributed by atoms with Crippen LogP contribution >= 0.6 is 0 Å². The van der Waals surface area contributed by atoms with Crippen molar-refractivity contribution in [1.82, 2.24) is 5.48 Å². The highest BCUT2D eigenvalue weighted by molar-refractivity contribution is 5.32. The van der Waals surface area contributed by atoms with Gasteiger partial charge in [0.05, 0.1) is 0 Å². The zero-order chi connectivity index (χ0) is 22.4. The standard InChI is InChI=1S/C27H41NO2/c1-9-28-30-24(19-21-13-11-10-12-14-21)27(7,8)29-23-17-15-22(16-18-23)26(5,6)20-25(2,3)4/h10-18,24,28H,9,19-20H2,1-8H3. The van der Waals surface area contributed by atoms with Crippen molar-refractivity contribution < 1.29 is 9.57 Å². The maximum Gasteiger partial charge on any atom is 0.132 e. The molecule has 0 bridgehead atoms. The van der Waals surface area contributed by atoms with Gasteiger partial charge in [0, 0.05) is 13.0 Å². The van der Waals surface area contributed by atoms with Gasteiger partial charge in [-0.1, -0.05) is 84.0 Å². The monoisotopic (exact) mass is 411 g/mol. The van der Waals surface area contributed by atoms with E-state index in [0.29, 0.717) is 0 Å². The molecule has 0 aliphatic carbocycles. The lowest BCUT2D eigenvalue weighted by atomic mass is 9.72. The normalized spacial score (nSPS) is 13.9. The fourth-order valence-corrected chi connectivity index (χ4v) is 4.21. The Bertz CT molecular complexity index is 758. The molecule has 2 rings (SSSR count). The summed E-state index contributed by atoms with van der Waals surface area (Å²) in [5.74, 6) is 0.869. The molecule has 30 heavy (non-hydrogen) atoms. The molecule has 1 unspecified atom stereocenters. The number of rotatable bonds is 10. The second kappa shape index (κ2) is 9.98. The molecule has 1 N–H and O–H groups in total. The number of ether oxygens (including phenoxy) is 1. The van der Waals surface area contributed by atoms with Crippen molar-refractivity contribution in [3.63, 3.8) is 0 Å². The number of hydrogen-bond acceptors (Lipinski definition) is 3. The Kier molecular flexibility index (Phi) is 8.13. The summed E-state index contributed by atoms with van der Waals surface area (Å²) in [5.41, 5.74) is 5.51. The molecule has 0 radical (unpaired) electrons. The lowest BCUT2D eigenvalue weighted by molar-refractivity contribution is -0.113. The van der Waals surface area contributed by atoms with E-state index in [2.05, 4.69) is 102 Å². The lowest BCUT2D eigenvalue weighted by Gasteiger charge is -2.35. The van der Waals surface area contributed by atoms with E-state index in [-0.39, 0.29) is 16.9 Å². The van der Waals surface area contributed by atoms with E-state index < -0.39 is 5.60 Å². The predicted molar refractivity (Wildman–Crippen MR) is 127 cm³/mol. The van der Waals surface area contributed by atoms with Crippen LogP contribution in [0.4, 0.5) is 0 Å². The van der Waals surface area contributed by atoms with E-state index >= 15 is 0 Å². The molecule has 0 aromatic heterocycles. The lowest BCUT2D eigenvalue weighted by Crippen LogP contribution is -2.47. The molecule has 2 aromatic carbocycles. The summed E-state index contributed by atoms with van der Waals surface area (Å²) >= 11 is 0. The van der Waals surface area contributed by atoms with Crippen LogP contribution in [0.15, 0.2) is 54.6 Å². The Labute approximate surface area is 184 Å². The van der Waals surface area contributed by atoms with E-state index in [1.807, 2.05) is 13.0 Å². The Hall–Kier alpha value is -1.84. The first-order chi connectivity index (χ1) is 13.9. The molecule has 0 saturated heterocycles. The predicted octanol–water partition coefficient (Wildman–Crippen LogP) is 6.71. The van der Waals surface area contributed by atoms with Gasteiger partial charge in [-0.15, -0.1) is 0 Å². The van der Waals surface area contributed by atoms with Crippen molar-refractivity contribution in [1.29, 1.82) is 0 Å². The van der Waals surface area contributed by atoms with Crippen molar-refractivity contribution in [3.8, 4) is 5.75 Å². The maximum absolute atomic E-state index is 6.44. The average molecular weight is 412 g/mol. The van der Waals surface area contributed by atoms with Crippen molar-refractivity contribution in [2.45, 2.75) is 85.4 Å². The summed E-state index contributed by atoms with van der Waals surface area (Å²) in [7, 11) is 0. The van der Waals surface area contributed by atoms with Crippen molar-refractivity contribution in [3.05, 3.63) is 65.7 Å². The third kappa shape index (κ3) is 7.45. The van der Waals surface area contributed by atoms with E-state index in [4.69, 9.17) is 9.57 Å². The first-order valence-corrected chi connectivity index (χ1v) is 11.1. The van der Waals surface area contributed by atoms with E-state index in [1.54, 1.807) is 0 Å². The average Bonchev–Trinajstić information content (AvgIpc) is 2.64.